The average molecular weight is 382 g/mol. The summed E-state index contributed by atoms with van der Waals surface area (Å²) in [5, 5.41) is 0.264. The highest BCUT2D eigenvalue weighted by molar-refractivity contribution is 7.93. The van der Waals surface area contributed by atoms with Crippen LogP contribution in [0.5, 0.6) is 0 Å². The topological polar surface area (TPSA) is 79.4 Å². The van der Waals surface area contributed by atoms with E-state index in [1.165, 1.54) is 17.5 Å². The predicted molar refractivity (Wildman–Crippen MR) is 100 cm³/mol. The molecule has 0 saturated heterocycles. The van der Waals surface area contributed by atoms with E-state index in [0.717, 1.165) is 23.3 Å². The number of anilines is 1. The maximum Gasteiger partial charge on any atom is 0.263 e. The van der Waals surface area contributed by atoms with E-state index >= 15 is 0 Å². The van der Waals surface area contributed by atoms with E-state index in [4.69, 9.17) is 0 Å². The van der Waals surface area contributed by atoms with E-state index in [9.17, 15) is 13.2 Å². The van der Waals surface area contributed by atoms with Crippen LogP contribution in [0.2, 0.25) is 0 Å². The molecule has 0 unspecified atom stereocenters. The van der Waals surface area contributed by atoms with Gasteiger partial charge in [-0.2, -0.15) is 0 Å². The molecule has 0 atom stereocenters. The summed E-state index contributed by atoms with van der Waals surface area (Å²) in [5.74, 6) is -0.0212. The van der Waals surface area contributed by atoms with Crippen molar-refractivity contribution < 1.29 is 13.2 Å². The molecule has 1 aromatic heterocycles. The Morgan fingerprint density at radius 3 is 2.52 bits per heavy atom. The van der Waals surface area contributed by atoms with Gasteiger partial charge in [-0.3, -0.25) is 9.52 Å². The van der Waals surface area contributed by atoms with Crippen molar-refractivity contribution in [1.82, 2.24) is 9.88 Å². The third kappa shape index (κ3) is 5.27. The van der Waals surface area contributed by atoms with Crippen molar-refractivity contribution in [2.45, 2.75) is 38.0 Å². The zero-order valence-electron chi connectivity index (χ0n) is 14.7. The van der Waals surface area contributed by atoms with E-state index in [-0.39, 0.29) is 22.4 Å². The fourth-order valence-electron chi connectivity index (χ4n) is 2.19. The van der Waals surface area contributed by atoms with E-state index in [0.29, 0.717) is 6.54 Å². The fraction of sp³-hybridized carbons (Fsp3) is 0.412. The fourth-order valence-corrected chi connectivity index (χ4v) is 4.24. The van der Waals surface area contributed by atoms with Crippen molar-refractivity contribution in [2.75, 3.05) is 18.3 Å². The molecule has 2 aromatic rings. The molecule has 0 radical (unpaired) electrons. The Bertz CT molecular complexity index is 814. The number of carbonyl (C=O) groups is 1. The third-order valence-electron chi connectivity index (χ3n) is 3.77. The van der Waals surface area contributed by atoms with Gasteiger partial charge in [-0.25, -0.2) is 13.4 Å². The molecule has 0 bridgehead atoms. The Kier molecular flexibility index (Phi) is 6.55. The number of aromatic nitrogens is 1. The number of carbonyl (C=O) groups excluding carboxylic acids is 1. The van der Waals surface area contributed by atoms with Gasteiger partial charge in [-0.1, -0.05) is 25.5 Å². The van der Waals surface area contributed by atoms with Gasteiger partial charge in [-0.15, -0.1) is 11.3 Å². The number of thiazole rings is 1. The monoisotopic (exact) mass is 381 g/mol. The lowest BCUT2D eigenvalue weighted by Gasteiger charge is -2.12. The molecule has 0 aliphatic heterocycles. The quantitative estimate of drug-likeness (QED) is 0.762. The minimum Gasteiger partial charge on any atom is -0.346 e. The van der Waals surface area contributed by atoms with Crippen LogP contribution in [0.15, 0.2) is 35.4 Å². The molecule has 25 heavy (non-hydrogen) atoms. The van der Waals surface area contributed by atoms with Crippen molar-refractivity contribution in [1.29, 1.82) is 0 Å². The first-order valence-electron chi connectivity index (χ1n) is 8.16. The van der Waals surface area contributed by atoms with Gasteiger partial charge in [0.1, 0.15) is 0 Å². The van der Waals surface area contributed by atoms with E-state index < -0.39 is 10.0 Å². The summed E-state index contributed by atoms with van der Waals surface area (Å²) in [4.78, 5) is 18.5. The molecule has 136 valence electrons. The van der Waals surface area contributed by atoms with Crippen LogP contribution < -0.4 is 4.72 Å². The summed E-state index contributed by atoms with van der Waals surface area (Å²) in [6.07, 6.45) is 3.69. The van der Waals surface area contributed by atoms with Gasteiger partial charge >= 0.3 is 0 Å². The number of hydrogen-bond donors (Lipinski definition) is 1. The first-order valence-corrected chi connectivity index (χ1v) is 10.5. The molecule has 0 aliphatic carbocycles. The molecular weight excluding hydrogens is 358 g/mol. The van der Waals surface area contributed by atoms with Gasteiger partial charge in [0.25, 0.3) is 10.0 Å². The molecule has 1 heterocycles. The van der Waals surface area contributed by atoms with Crippen LogP contribution in [0.3, 0.4) is 0 Å². The van der Waals surface area contributed by atoms with Crippen LogP contribution >= 0.6 is 11.3 Å². The summed E-state index contributed by atoms with van der Waals surface area (Å²) in [6.45, 7) is 4.61. The molecule has 2 rings (SSSR count). The summed E-state index contributed by atoms with van der Waals surface area (Å²) in [5.41, 5.74) is 1.11. The van der Waals surface area contributed by atoms with Crippen LogP contribution in [0.4, 0.5) is 5.13 Å². The highest BCUT2D eigenvalue weighted by atomic mass is 32.2. The summed E-state index contributed by atoms with van der Waals surface area (Å²) in [7, 11) is -1.95. The summed E-state index contributed by atoms with van der Waals surface area (Å²) in [6, 6.07) is 6.85. The van der Waals surface area contributed by atoms with Crippen LogP contribution in [0.1, 0.15) is 30.7 Å². The minimum absolute atomic E-state index is 0.0212. The Hall–Kier alpha value is -1.93. The lowest BCUT2D eigenvalue weighted by Crippen LogP contribution is -2.27. The number of nitrogens with one attached hydrogen (secondary N) is 1. The lowest BCUT2D eigenvalue weighted by molar-refractivity contribution is -0.128. The molecule has 1 amide bonds. The number of likely N-dealkylation sites (N-methyl/N-ethyl adjacent to an activating group) is 1. The van der Waals surface area contributed by atoms with Crippen LogP contribution in [-0.4, -0.2) is 37.8 Å². The SMILES string of the molecule is CCCc1ccc(S(=O)(=O)Nc2ncc(CC(=O)N(C)CC)s2)cc1. The molecule has 8 heteroatoms. The third-order valence-corrected chi connectivity index (χ3v) is 6.17. The number of nitrogens with zero attached hydrogens (tertiary/aromatic N) is 2. The molecule has 1 N–H and O–H groups in total. The maximum atomic E-state index is 12.4. The second-order valence-corrected chi connectivity index (χ2v) is 8.51. The first-order chi connectivity index (χ1) is 11.9. The molecule has 0 saturated carbocycles. The zero-order valence-corrected chi connectivity index (χ0v) is 16.3. The number of benzene rings is 1. The normalized spacial score (nSPS) is 11.3. The predicted octanol–water partition coefficient (Wildman–Crippen LogP) is 2.92. The molecule has 0 fully saturated rings. The average Bonchev–Trinajstić information content (AvgIpc) is 3.01. The molecule has 1 aromatic carbocycles. The number of sulfonamides is 1. The van der Waals surface area contributed by atoms with Gasteiger partial charge in [0.15, 0.2) is 5.13 Å². The smallest absolute Gasteiger partial charge is 0.263 e. The number of hydrogen-bond acceptors (Lipinski definition) is 5. The van der Waals surface area contributed by atoms with Gasteiger partial charge in [0, 0.05) is 24.7 Å². The number of amides is 1. The van der Waals surface area contributed by atoms with Crippen LogP contribution in [0, 0.1) is 0 Å². The minimum atomic E-state index is -3.68. The Balaban J connectivity index is 2.07. The maximum absolute atomic E-state index is 12.4. The molecule has 0 spiro atoms. The summed E-state index contributed by atoms with van der Waals surface area (Å²) >= 11 is 1.17. The Morgan fingerprint density at radius 2 is 1.92 bits per heavy atom. The highest BCUT2D eigenvalue weighted by Crippen LogP contribution is 2.23. The van der Waals surface area contributed by atoms with E-state index in [2.05, 4.69) is 16.6 Å². The standard InChI is InChI=1S/C17H23N3O3S2/c1-4-6-13-7-9-15(10-8-13)25(22,23)19-17-18-12-14(24-17)11-16(21)20(3)5-2/h7-10,12H,4-6,11H2,1-3H3,(H,18,19). The second kappa shape index (κ2) is 8.44. The van der Waals surface area contributed by atoms with Crippen molar-refractivity contribution in [3.05, 3.63) is 40.9 Å². The zero-order chi connectivity index (χ0) is 18.4. The van der Waals surface area contributed by atoms with Crippen molar-refractivity contribution >= 4 is 32.4 Å². The van der Waals surface area contributed by atoms with Crippen molar-refractivity contribution in [3.8, 4) is 0 Å². The second-order valence-electron chi connectivity index (χ2n) is 5.72. The van der Waals surface area contributed by atoms with Gasteiger partial charge in [-0.05, 0) is 31.0 Å². The molecule has 0 aliphatic rings. The Labute approximate surface area is 153 Å². The van der Waals surface area contributed by atoms with Crippen molar-refractivity contribution in [3.63, 3.8) is 0 Å². The van der Waals surface area contributed by atoms with Gasteiger partial charge in [0.05, 0.1) is 11.3 Å². The summed E-state index contributed by atoms with van der Waals surface area (Å²) < 4.78 is 27.4. The molecule has 6 nitrogen and oxygen atoms in total. The van der Waals surface area contributed by atoms with Crippen LogP contribution in [-0.2, 0) is 27.7 Å². The van der Waals surface area contributed by atoms with Crippen LogP contribution in [0.25, 0.3) is 0 Å². The largest absolute Gasteiger partial charge is 0.346 e. The number of rotatable bonds is 8. The van der Waals surface area contributed by atoms with Gasteiger partial charge < -0.3 is 4.90 Å². The van der Waals surface area contributed by atoms with E-state index in [1.807, 2.05) is 19.1 Å². The van der Waals surface area contributed by atoms with Crippen molar-refractivity contribution in [2.24, 2.45) is 0 Å². The van der Waals surface area contributed by atoms with Gasteiger partial charge in [0.2, 0.25) is 5.91 Å². The Morgan fingerprint density at radius 1 is 1.24 bits per heavy atom. The first kappa shape index (κ1) is 19.4. The highest BCUT2D eigenvalue weighted by Gasteiger charge is 2.17. The number of aryl methyl sites for hydroxylation is 1. The van der Waals surface area contributed by atoms with E-state index in [1.54, 1.807) is 24.1 Å². The lowest BCUT2D eigenvalue weighted by atomic mass is 10.1. The molecular formula is C17H23N3O3S2.